The van der Waals surface area contributed by atoms with Gasteiger partial charge in [0.1, 0.15) is 0 Å². The minimum Gasteiger partial charge on any atom is -0.462 e. The van der Waals surface area contributed by atoms with Crippen LogP contribution in [0, 0.1) is 0 Å². The monoisotopic (exact) mass is 268 g/mol. The standard InChI is InChI=1S/C12H16N2O3S/c15-5-3-14(4-6-16)8-10-9-18-12(13-10)11-2-1-7-17-11/h1-2,7,9,15-16H,3-6,8H2. The number of aliphatic hydroxyl groups excluding tert-OH is 2. The number of rotatable bonds is 7. The fourth-order valence-corrected chi connectivity index (χ4v) is 2.45. The normalized spacial score (nSPS) is 11.3. The molecule has 0 spiro atoms. The summed E-state index contributed by atoms with van der Waals surface area (Å²) >= 11 is 1.53. The maximum absolute atomic E-state index is 8.94. The summed E-state index contributed by atoms with van der Waals surface area (Å²) in [6.07, 6.45) is 1.63. The van der Waals surface area contributed by atoms with E-state index in [9.17, 15) is 0 Å². The number of aliphatic hydroxyl groups is 2. The van der Waals surface area contributed by atoms with Crippen molar-refractivity contribution in [3.05, 3.63) is 29.5 Å². The van der Waals surface area contributed by atoms with Crippen molar-refractivity contribution >= 4 is 11.3 Å². The summed E-state index contributed by atoms with van der Waals surface area (Å²) < 4.78 is 5.29. The largest absolute Gasteiger partial charge is 0.462 e. The number of aromatic nitrogens is 1. The first-order valence-electron chi connectivity index (χ1n) is 5.76. The Bertz CT molecular complexity index is 450. The lowest BCUT2D eigenvalue weighted by Crippen LogP contribution is -2.29. The van der Waals surface area contributed by atoms with Gasteiger partial charge in [-0.05, 0) is 12.1 Å². The molecule has 0 aliphatic heterocycles. The van der Waals surface area contributed by atoms with E-state index in [2.05, 4.69) is 4.98 Å². The second kappa shape index (κ2) is 6.65. The van der Waals surface area contributed by atoms with Gasteiger partial charge in [0.2, 0.25) is 0 Å². The molecule has 0 atom stereocenters. The second-order valence-corrected chi connectivity index (χ2v) is 4.70. The van der Waals surface area contributed by atoms with Gasteiger partial charge in [-0.1, -0.05) is 0 Å². The highest BCUT2D eigenvalue weighted by Crippen LogP contribution is 2.24. The van der Waals surface area contributed by atoms with Crippen molar-refractivity contribution in [3.63, 3.8) is 0 Å². The Morgan fingerprint density at radius 1 is 1.28 bits per heavy atom. The lowest BCUT2D eigenvalue weighted by Gasteiger charge is -2.18. The van der Waals surface area contributed by atoms with Crippen LogP contribution in [0.15, 0.2) is 28.2 Å². The number of hydrogen-bond donors (Lipinski definition) is 2. The second-order valence-electron chi connectivity index (χ2n) is 3.84. The van der Waals surface area contributed by atoms with Gasteiger partial charge in [0.25, 0.3) is 0 Å². The van der Waals surface area contributed by atoms with E-state index >= 15 is 0 Å². The Morgan fingerprint density at radius 3 is 2.67 bits per heavy atom. The summed E-state index contributed by atoms with van der Waals surface area (Å²) in [6, 6.07) is 3.71. The van der Waals surface area contributed by atoms with Crippen molar-refractivity contribution < 1.29 is 14.6 Å². The van der Waals surface area contributed by atoms with E-state index in [0.717, 1.165) is 16.5 Å². The lowest BCUT2D eigenvalue weighted by atomic mass is 10.4. The molecule has 6 heteroatoms. The van der Waals surface area contributed by atoms with Crippen LogP contribution in [0.1, 0.15) is 5.69 Å². The van der Waals surface area contributed by atoms with E-state index < -0.39 is 0 Å². The first-order valence-corrected chi connectivity index (χ1v) is 6.64. The summed E-state index contributed by atoms with van der Waals surface area (Å²) in [5.74, 6) is 0.766. The maximum atomic E-state index is 8.94. The average molecular weight is 268 g/mol. The summed E-state index contributed by atoms with van der Waals surface area (Å²) in [7, 11) is 0. The zero-order chi connectivity index (χ0) is 12.8. The highest BCUT2D eigenvalue weighted by molar-refractivity contribution is 7.13. The molecule has 0 fully saturated rings. The number of nitrogens with zero attached hydrogens (tertiary/aromatic N) is 2. The molecule has 0 aliphatic carbocycles. The summed E-state index contributed by atoms with van der Waals surface area (Å²) in [5.41, 5.74) is 0.924. The zero-order valence-electron chi connectivity index (χ0n) is 9.95. The summed E-state index contributed by atoms with van der Waals surface area (Å²) in [5, 5.41) is 20.7. The van der Waals surface area contributed by atoms with E-state index in [0.29, 0.717) is 19.6 Å². The van der Waals surface area contributed by atoms with Crippen molar-refractivity contribution in [1.29, 1.82) is 0 Å². The lowest BCUT2D eigenvalue weighted by molar-refractivity contribution is 0.155. The molecule has 2 aromatic heterocycles. The molecule has 0 saturated carbocycles. The number of thiazole rings is 1. The van der Waals surface area contributed by atoms with Gasteiger partial charge in [-0.2, -0.15) is 0 Å². The maximum Gasteiger partial charge on any atom is 0.162 e. The van der Waals surface area contributed by atoms with Crippen LogP contribution in [-0.4, -0.2) is 46.4 Å². The van der Waals surface area contributed by atoms with Gasteiger partial charge >= 0.3 is 0 Å². The van der Waals surface area contributed by atoms with Crippen LogP contribution in [0.3, 0.4) is 0 Å². The Labute approximate surface area is 109 Å². The molecule has 2 heterocycles. The van der Waals surface area contributed by atoms with Crippen molar-refractivity contribution in [1.82, 2.24) is 9.88 Å². The predicted octanol–water partition coefficient (Wildman–Crippen LogP) is 1.19. The third kappa shape index (κ3) is 3.39. The third-order valence-corrected chi connectivity index (χ3v) is 3.41. The van der Waals surface area contributed by atoms with Gasteiger partial charge in [0.15, 0.2) is 10.8 Å². The first-order chi connectivity index (χ1) is 8.83. The van der Waals surface area contributed by atoms with Crippen LogP contribution in [0.2, 0.25) is 0 Å². The van der Waals surface area contributed by atoms with Gasteiger partial charge < -0.3 is 14.6 Å². The van der Waals surface area contributed by atoms with Crippen LogP contribution < -0.4 is 0 Å². The van der Waals surface area contributed by atoms with Gasteiger partial charge in [0, 0.05) is 25.0 Å². The number of hydrogen-bond acceptors (Lipinski definition) is 6. The fourth-order valence-electron chi connectivity index (χ4n) is 1.67. The van der Waals surface area contributed by atoms with Gasteiger partial charge in [-0.25, -0.2) is 4.98 Å². The van der Waals surface area contributed by atoms with Gasteiger partial charge in [-0.3, -0.25) is 4.90 Å². The molecule has 0 bridgehead atoms. The minimum absolute atomic E-state index is 0.0785. The van der Waals surface area contributed by atoms with Crippen molar-refractivity contribution in [2.24, 2.45) is 0 Å². The van der Waals surface area contributed by atoms with Crippen LogP contribution >= 0.6 is 11.3 Å². The third-order valence-electron chi connectivity index (χ3n) is 2.50. The quantitative estimate of drug-likeness (QED) is 0.789. The Hall–Kier alpha value is -1.21. The molecule has 0 amide bonds. The molecule has 18 heavy (non-hydrogen) atoms. The molecule has 98 valence electrons. The molecule has 0 radical (unpaired) electrons. The minimum atomic E-state index is 0.0785. The highest BCUT2D eigenvalue weighted by Gasteiger charge is 2.10. The van der Waals surface area contributed by atoms with Crippen LogP contribution in [0.5, 0.6) is 0 Å². The molecule has 0 aromatic carbocycles. The molecular formula is C12H16N2O3S. The molecule has 2 aromatic rings. The first kappa shape index (κ1) is 13.2. The predicted molar refractivity (Wildman–Crippen MR) is 69.3 cm³/mol. The van der Waals surface area contributed by atoms with Gasteiger partial charge in [-0.15, -0.1) is 11.3 Å². The zero-order valence-corrected chi connectivity index (χ0v) is 10.8. The molecule has 0 unspecified atom stereocenters. The SMILES string of the molecule is OCCN(CCO)Cc1csc(-c2ccco2)n1. The average Bonchev–Trinajstić information content (AvgIpc) is 2.98. The number of furan rings is 1. The topological polar surface area (TPSA) is 69.7 Å². The van der Waals surface area contributed by atoms with Gasteiger partial charge in [0.05, 0.1) is 25.2 Å². The van der Waals surface area contributed by atoms with Crippen LogP contribution in [-0.2, 0) is 6.54 Å². The van der Waals surface area contributed by atoms with Crippen molar-refractivity contribution in [3.8, 4) is 10.8 Å². The van der Waals surface area contributed by atoms with Crippen LogP contribution in [0.25, 0.3) is 10.8 Å². The smallest absolute Gasteiger partial charge is 0.162 e. The molecule has 0 saturated heterocycles. The Morgan fingerprint density at radius 2 is 2.06 bits per heavy atom. The van der Waals surface area contributed by atoms with Crippen LogP contribution in [0.4, 0.5) is 0 Å². The molecule has 0 aliphatic rings. The molecule has 5 nitrogen and oxygen atoms in total. The van der Waals surface area contributed by atoms with Crippen molar-refractivity contribution in [2.75, 3.05) is 26.3 Å². The van der Waals surface area contributed by atoms with E-state index in [4.69, 9.17) is 14.6 Å². The molecular weight excluding hydrogens is 252 g/mol. The Balaban J connectivity index is 2.01. The van der Waals surface area contributed by atoms with Crippen molar-refractivity contribution in [2.45, 2.75) is 6.54 Å². The van der Waals surface area contributed by atoms with E-state index in [-0.39, 0.29) is 13.2 Å². The van der Waals surface area contributed by atoms with E-state index in [1.807, 2.05) is 22.4 Å². The summed E-state index contributed by atoms with van der Waals surface area (Å²) in [4.78, 5) is 6.44. The highest BCUT2D eigenvalue weighted by atomic mass is 32.1. The van der Waals surface area contributed by atoms with E-state index in [1.54, 1.807) is 6.26 Å². The molecule has 2 rings (SSSR count). The fraction of sp³-hybridized carbons (Fsp3) is 0.417. The van der Waals surface area contributed by atoms with E-state index in [1.165, 1.54) is 11.3 Å². The summed E-state index contributed by atoms with van der Waals surface area (Å²) in [6.45, 7) is 1.85. The molecule has 2 N–H and O–H groups in total. The Kier molecular flexibility index (Phi) is 4.89.